The number of nitrogens with zero attached hydrogens (tertiary/aromatic N) is 1. The highest BCUT2D eigenvalue weighted by atomic mass is 32.2. The molecule has 5 nitrogen and oxygen atoms in total. The second-order valence-corrected chi connectivity index (χ2v) is 8.32. The molecule has 1 amide bonds. The Labute approximate surface area is 146 Å². The van der Waals surface area contributed by atoms with Gasteiger partial charge in [0, 0.05) is 19.5 Å². The van der Waals surface area contributed by atoms with Crippen molar-refractivity contribution >= 4 is 21.6 Å². The number of hydrogen-bond donors (Lipinski definition) is 1. The molecule has 0 aliphatic heterocycles. The summed E-state index contributed by atoms with van der Waals surface area (Å²) in [7, 11) is -3.46. The Balaban J connectivity index is 3.06. The van der Waals surface area contributed by atoms with E-state index in [0.717, 1.165) is 29.7 Å². The Bertz CT molecular complexity index is 632. The van der Waals surface area contributed by atoms with Gasteiger partial charge in [-0.1, -0.05) is 45.9 Å². The molecule has 0 unspecified atom stereocenters. The average molecular weight is 355 g/mol. The van der Waals surface area contributed by atoms with Crippen LogP contribution in [0.5, 0.6) is 0 Å². The Morgan fingerprint density at radius 2 is 1.71 bits per heavy atom. The van der Waals surface area contributed by atoms with Crippen molar-refractivity contribution in [2.75, 3.05) is 23.7 Å². The number of carbonyl (C=O) groups is 1. The van der Waals surface area contributed by atoms with Gasteiger partial charge in [-0.3, -0.25) is 9.10 Å². The number of benzene rings is 1. The van der Waals surface area contributed by atoms with E-state index in [1.807, 2.05) is 45.9 Å². The molecule has 24 heavy (non-hydrogen) atoms. The van der Waals surface area contributed by atoms with Gasteiger partial charge < -0.3 is 5.32 Å². The number of sulfonamides is 1. The van der Waals surface area contributed by atoms with E-state index in [4.69, 9.17) is 0 Å². The van der Waals surface area contributed by atoms with E-state index in [-0.39, 0.29) is 18.9 Å². The molecule has 0 spiro atoms. The minimum absolute atomic E-state index is 0.121. The molecule has 136 valence electrons. The van der Waals surface area contributed by atoms with Gasteiger partial charge in [0.25, 0.3) is 0 Å². The van der Waals surface area contributed by atoms with Crippen LogP contribution in [0.3, 0.4) is 0 Å². The van der Waals surface area contributed by atoms with Gasteiger partial charge >= 0.3 is 0 Å². The zero-order chi connectivity index (χ0) is 18.3. The minimum Gasteiger partial charge on any atom is -0.356 e. The molecule has 0 atom stereocenters. The SMILES string of the molecule is CCc1cccc(CC)c1N(CCC(=O)NCC(C)C)S(C)(=O)=O. The summed E-state index contributed by atoms with van der Waals surface area (Å²) in [6, 6.07) is 5.86. The van der Waals surface area contributed by atoms with Gasteiger partial charge in [0.15, 0.2) is 0 Å². The van der Waals surface area contributed by atoms with Crippen molar-refractivity contribution < 1.29 is 13.2 Å². The van der Waals surface area contributed by atoms with Crippen LogP contribution in [0, 0.1) is 5.92 Å². The van der Waals surface area contributed by atoms with E-state index in [2.05, 4.69) is 5.32 Å². The molecule has 0 heterocycles. The smallest absolute Gasteiger partial charge is 0.232 e. The zero-order valence-electron chi connectivity index (χ0n) is 15.4. The molecule has 0 saturated carbocycles. The number of para-hydroxylation sites is 1. The van der Waals surface area contributed by atoms with Gasteiger partial charge in [-0.05, 0) is 29.9 Å². The number of amides is 1. The lowest BCUT2D eigenvalue weighted by atomic mass is 10.0. The largest absolute Gasteiger partial charge is 0.356 e. The summed E-state index contributed by atoms with van der Waals surface area (Å²) in [4.78, 5) is 12.0. The van der Waals surface area contributed by atoms with E-state index in [9.17, 15) is 13.2 Å². The standard InChI is InChI=1S/C18H30N2O3S/c1-6-15-9-8-10-16(7-2)18(15)20(24(5,22)23)12-11-17(21)19-13-14(3)4/h8-10,14H,6-7,11-13H2,1-5H3,(H,19,21). The van der Waals surface area contributed by atoms with Crippen LogP contribution in [0.25, 0.3) is 0 Å². The van der Waals surface area contributed by atoms with Crippen LogP contribution in [-0.2, 0) is 27.7 Å². The molecule has 0 aromatic heterocycles. The number of nitrogens with one attached hydrogen (secondary N) is 1. The summed E-state index contributed by atoms with van der Waals surface area (Å²) in [5.74, 6) is 0.247. The van der Waals surface area contributed by atoms with Gasteiger partial charge in [0.05, 0.1) is 11.9 Å². The van der Waals surface area contributed by atoms with E-state index >= 15 is 0 Å². The quantitative estimate of drug-likeness (QED) is 0.741. The summed E-state index contributed by atoms with van der Waals surface area (Å²) < 4.78 is 26.1. The summed E-state index contributed by atoms with van der Waals surface area (Å²) >= 11 is 0. The molecule has 6 heteroatoms. The Morgan fingerprint density at radius 3 is 2.12 bits per heavy atom. The number of rotatable bonds is 9. The van der Waals surface area contributed by atoms with Crippen molar-refractivity contribution in [3.63, 3.8) is 0 Å². The highest BCUT2D eigenvalue weighted by Crippen LogP contribution is 2.29. The van der Waals surface area contributed by atoms with Gasteiger partial charge in [0.2, 0.25) is 15.9 Å². The molecular weight excluding hydrogens is 324 g/mol. The van der Waals surface area contributed by atoms with Crippen LogP contribution in [0.4, 0.5) is 5.69 Å². The summed E-state index contributed by atoms with van der Waals surface area (Å²) in [6.45, 7) is 8.82. The molecule has 0 saturated heterocycles. The van der Waals surface area contributed by atoms with Crippen LogP contribution >= 0.6 is 0 Å². The van der Waals surface area contributed by atoms with Crippen molar-refractivity contribution in [1.82, 2.24) is 5.32 Å². The Kier molecular flexibility index (Phi) is 7.73. The van der Waals surface area contributed by atoms with E-state index in [1.165, 1.54) is 10.6 Å². The monoisotopic (exact) mass is 354 g/mol. The second kappa shape index (κ2) is 9.06. The second-order valence-electron chi connectivity index (χ2n) is 6.42. The highest BCUT2D eigenvalue weighted by molar-refractivity contribution is 7.92. The molecule has 0 radical (unpaired) electrons. The predicted molar refractivity (Wildman–Crippen MR) is 99.9 cm³/mol. The fraction of sp³-hybridized carbons (Fsp3) is 0.611. The molecule has 0 aliphatic rings. The molecular formula is C18H30N2O3S. The Hall–Kier alpha value is -1.56. The van der Waals surface area contributed by atoms with Crippen molar-refractivity contribution in [2.45, 2.75) is 47.0 Å². The fourth-order valence-electron chi connectivity index (χ4n) is 2.59. The lowest BCUT2D eigenvalue weighted by Crippen LogP contribution is -2.36. The Morgan fingerprint density at radius 1 is 1.17 bits per heavy atom. The molecule has 1 rings (SSSR count). The van der Waals surface area contributed by atoms with E-state index in [0.29, 0.717) is 12.5 Å². The van der Waals surface area contributed by atoms with Crippen LogP contribution in [0.1, 0.15) is 45.2 Å². The predicted octanol–water partition coefficient (Wildman–Crippen LogP) is 2.74. The summed E-state index contributed by atoms with van der Waals surface area (Å²) in [5, 5.41) is 2.84. The topological polar surface area (TPSA) is 66.5 Å². The first kappa shape index (κ1) is 20.5. The maximum absolute atomic E-state index is 12.3. The van der Waals surface area contributed by atoms with Crippen LogP contribution < -0.4 is 9.62 Å². The molecule has 1 aromatic rings. The average Bonchev–Trinajstić information content (AvgIpc) is 2.51. The fourth-order valence-corrected chi connectivity index (χ4v) is 3.58. The normalized spacial score (nSPS) is 11.6. The zero-order valence-corrected chi connectivity index (χ0v) is 16.2. The first-order valence-electron chi connectivity index (χ1n) is 8.55. The maximum atomic E-state index is 12.3. The van der Waals surface area contributed by atoms with Crippen LogP contribution in [-0.4, -0.2) is 33.7 Å². The molecule has 0 aliphatic carbocycles. The van der Waals surface area contributed by atoms with Crippen molar-refractivity contribution in [2.24, 2.45) is 5.92 Å². The first-order chi connectivity index (χ1) is 11.2. The van der Waals surface area contributed by atoms with Gasteiger partial charge in [0.1, 0.15) is 0 Å². The van der Waals surface area contributed by atoms with E-state index in [1.54, 1.807) is 0 Å². The minimum atomic E-state index is -3.46. The summed E-state index contributed by atoms with van der Waals surface area (Å²) in [6.07, 6.45) is 2.84. The molecule has 1 N–H and O–H groups in total. The first-order valence-corrected chi connectivity index (χ1v) is 10.4. The number of aryl methyl sites for hydroxylation is 2. The van der Waals surface area contributed by atoms with Gasteiger partial charge in [-0.25, -0.2) is 8.42 Å². The van der Waals surface area contributed by atoms with Crippen LogP contribution in [0.2, 0.25) is 0 Å². The van der Waals surface area contributed by atoms with Crippen molar-refractivity contribution in [1.29, 1.82) is 0 Å². The van der Waals surface area contributed by atoms with Gasteiger partial charge in [-0.2, -0.15) is 0 Å². The third-order valence-corrected chi connectivity index (χ3v) is 5.03. The lowest BCUT2D eigenvalue weighted by molar-refractivity contribution is -0.121. The number of anilines is 1. The molecule has 0 bridgehead atoms. The molecule has 1 aromatic carbocycles. The number of carbonyl (C=O) groups excluding carboxylic acids is 1. The highest BCUT2D eigenvalue weighted by Gasteiger charge is 2.23. The summed E-state index contributed by atoms with van der Waals surface area (Å²) in [5.41, 5.74) is 2.71. The third-order valence-electron chi connectivity index (χ3n) is 3.86. The van der Waals surface area contributed by atoms with Gasteiger partial charge in [-0.15, -0.1) is 0 Å². The van der Waals surface area contributed by atoms with Crippen molar-refractivity contribution in [3.05, 3.63) is 29.3 Å². The third kappa shape index (κ3) is 5.82. The number of hydrogen-bond acceptors (Lipinski definition) is 3. The molecule has 0 fully saturated rings. The maximum Gasteiger partial charge on any atom is 0.232 e. The van der Waals surface area contributed by atoms with Crippen molar-refractivity contribution in [3.8, 4) is 0 Å². The van der Waals surface area contributed by atoms with E-state index < -0.39 is 10.0 Å². The lowest BCUT2D eigenvalue weighted by Gasteiger charge is -2.27. The van der Waals surface area contributed by atoms with Crippen LogP contribution in [0.15, 0.2) is 18.2 Å².